The van der Waals surface area contributed by atoms with E-state index in [1.807, 2.05) is 12.1 Å². The predicted octanol–water partition coefficient (Wildman–Crippen LogP) is 2.56. The third-order valence-corrected chi connectivity index (χ3v) is 2.64. The lowest BCUT2D eigenvalue weighted by Crippen LogP contribution is -2.27. The molecular weight excluding hydrogens is 228 g/mol. The van der Waals surface area contributed by atoms with E-state index in [1.165, 1.54) is 0 Å². The predicted molar refractivity (Wildman–Crippen MR) is 72.9 cm³/mol. The van der Waals surface area contributed by atoms with Crippen LogP contribution in [-0.2, 0) is 4.74 Å². The maximum Gasteiger partial charge on any atom is 0.217 e. The van der Waals surface area contributed by atoms with E-state index in [2.05, 4.69) is 24.1 Å². The largest absolute Gasteiger partial charge is 0.481 e. The van der Waals surface area contributed by atoms with E-state index in [0.717, 1.165) is 31.6 Å². The molecule has 1 unspecified atom stereocenters. The minimum Gasteiger partial charge on any atom is -0.481 e. The number of nitrogens with one attached hydrogen (secondary N) is 1. The molecule has 0 radical (unpaired) electrons. The van der Waals surface area contributed by atoms with Crippen molar-refractivity contribution in [1.82, 2.24) is 10.3 Å². The molecule has 0 aromatic carbocycles. The van der Waals surface area contributed by atoms with Gasteiger partial charge in [-0.3, -0.25) is 0 Å². The number of pyridine rings is 1. The minimum absolute atomic E-state index is 0.139. The Hall–Kier alpha value is -1.13. The Labute approximate surface area is 110 Å². The van der Waals surface area contributed by atoms with Crippen LogP contribution in [0.2, 0.25) is 0 Å². The van der Waals surface area contributed by atoms with Crippen LogP contribution in [0.25, 0.3) is 0 Å². The van der Waals surface area contributed by atoms with Crippen LogP contribution < -0.4 is 10.1 Å². The second kappa shape index (κ2) is 8.89. The Kier molecular flexibility index (Phi) is 7.37. The SMILES string of the molecule is CCCNC(COCCC)c1cccnc1OC. The summed E-state index contributed by atoms with van der Waals surface area (Å²) < 4.78 is 11.0. The lowest BCUT2D eigenvalue weighted by molar-refractivity contribution is 0.111. The number of methoxy groups -OCH3 is 1. The summed E-state index contributed by atoms with van der Waals surface area (Å²) in [6.07, 6.45) is 3.86. The van der Waals surface area contributed by atoms with Gasteiger partial charge in [-0.1, -0.05) is 19.9 Å². The summed E-state index contributed by atoms with van der Waals surface area (Å²) in [7, 11) is 1.65. The molecule has 102 valence electrons. The van der Waals surface area contributed by atoms with Gasteiger partial charge in [-0.25, -0.2) is 4.98 Å². The first-order valence-corrected chi connectivity index (χ1v) is 6.63. The van der Waals surface area contributed by atoms with Gasteiger partial charge in [0.05, 0.1) is 19.8 Å². The van der Waals surface area contributed by atoms with Crippen molar-refractivity contribution in [2.24, 2.45) is 0 Å². The number of ether oxygens (including phenoxy) is 2. The molecule has 1 N–H and O–H groups in total. The fourth-order valence-corrected chi connectivity index (χ4v) is 1.76. The van der Waals surface area contributed by atoms with Crippen molar-refractivity contribution >= 4 is 0 Å². The third-order valence-electron chi connectivity index (χ3n) is 2.64. The van der Waals surface area contributed by atoms with Crippen molar-refractivity contribution in [2.75, 3.05) is 26.9 Å². The maximum atomic E-state index is 5.65. The van der Waals surface area contributed by atoms with Gasteiger partial charge in [0.2, 0.25) is 5.88 Å². The van der Waals surface area contributed by atoms with E-state index in [1.54, 1.807) is 13.3 Å². The molecule has 0 bridgehead atoms. The Morgan fingerprint density at radius 2 is 2.17 bits per heavy atom. The molecule has 0 saturated heterocycles. The van der Waals surface area contributed by atoms with E-state index < -0.39 is 0 Å². The quantitative estimate of drug-likeness (QED) is 0.686. The van der Waals surface area contributed by atoms with Crippen LogP contribution >= 0.6 is 0 Å². The average molecular weight is 252 g/mol. The van der Waals surface area contributed by atoms with Gasteiger partial charge in [-0.15, -0.1) is 0 Å². The smallest absolute Gasteiger partial charge is 0.217 e. The van der Waals surface area contributed by atoms with E-state index >= 15 is 0 Å². The van der Waals surface area contributed by atoms with Crippen LogP contribution in [0.3, 0.4) is 0 Å². The second-order valence-corrected chi connectivity index (χ2v) is 4.18. The molecule has 18 heavy (non-hydrogen) atoms. The van der Waals surface area contributed by atoms with Crippen molar-refractivity contribution in [3.05, 3.63) is 23.9 Å². The highest BCUT2D eigenvalue weighted by Gasteiger charge is 2.16. The normalized spacial score (nSPS) is 12.4. The highest BCUT2D eigenvalue weighted by Crippen LogP contribution is 2.22. The van der Waals surface area contributed by atoms with Gasteiger partial charge in [0.25, 0.3) is 0 Å². The minimum atomic E-state index is 0.139. The van der Waals surface area contributed by atoms with Crippen molar-refractivity contribution in [3.63, 3.8) is 0 Å². The average Bonchev–Trinajstić information content (AvgIpc) is 2.42. The fourth-order valence-electron chi connectivity index (χ4n) is 1.76. The first-order valence-electron chi connectivity index (χ1n) is 6.63. The summed E-state index contributed by atoms with van der Waals surface area (Å²) in [6.45, 7) is 6.65. The van der Waals surface area contributed by atoms with Crippen LogP contribution in [0.1, 0.15) is 38.3 Å². The van der Waals surface area contributed by atoms with Crippen molar-refractivity contribution < 1.29 is 9.47 Å². The molecule has 1 atom stereocenters. The molecule has 1 rings (SSSR count). The number of hydrogen-bond acceptors (Lipinski definition) is 4. The lowest BCUT2D eigenvalue weighted by Gasteiger charge is -2.20. The molecule has 0 saturated carbocycles. The van der Waals surface area contributed by atoms with Crippen LogP contribution in [0.4, 0.5) is 0 Å². The molecule has 0 aliphatic rings. The lowest BCUT2D eigenvalue weighted by atomic mass is 10.1. The molecule has 0 amide bonds. The van der Waals surface area contributed by atoms with Crippen LogP contribution in [-0.4, -0.2) is 31.9 Å². The highest BCUT2D eigenvalue weighted by molar-refractivity contribution is 5.29. The molecule has 4 nitrogen and oxygen atoms in total. The zero-order valence-electron chi connectivity index (χ0n) is 11.6. The Bertz CT molecular complexity index is 331. The summed E-state index contributed by atoms with van der Waals surface area (Å²) in [6, 6.07) is 4.10. The van der Waals surface area contributed by atoms with Gasteiger partial charge in [-0.05, 0) is 25.5 Å². The topological polar surface area (TPSA) is 43.4 Å². The Morgan fingerprint density at radius 1 is 1.33 bits per heavy atom. The van der Waals surface area contributed by atoms with Crippen LogP contribution in [0.5, 0.6) is 5.88 Å². The molecule has 0 aliphatic heterocycles. The molecule has 4 heteroatoms. The van der Waals surface area contributed by atoms with E-state index in [0.29, 0.717) is 12.5 Å². The van der Waals surface area contributed by atoms with Crippen LogP contribution in [0.15, 0.2) is 18.3 Å². The number of aromatic nitrogens is 1. The highest BCUT2D eigenvalue weighted by atomic mass is 16.5. The third kappa shape index (κ3) is 4.63. The summed E-state index contributed by atoms with van der Waals surface area (Å²) in [5.41, 5.74) is 1.06. The standard InChI is InChI=1S/C14H24N2O2/c1-4-8-15-13(11-18-10-5-2)12-7-6-9-16-14(12)17-3/h6-7,9,13,15H,4-5,8,10-11H2,1-3H3. The summed E-state index contributed by atoms with van der Waals surface area (Å²) >= 11 is 0. The second-order valence-electron chi connectivity index (χ2n) is 4.18. The number of nitrogens with zero attached hydrogens (tertiary/aromatic N) is 1. The number of rotatable bonds is 9. The molecule has 0 fully saturated rings. The van der Waals surface area contributed by atoms with Gasteiger partial charge >= 0.3 is 0 Å². The summed E-state index contributed by atoms with van der Waals surface area (Å²) in [4.78, 5) is 4.24. The Morgan fingerprint density at radius 3 is 2.83 bits per heavy atom. The van der Waals surface area contributed by atoms with Gasteiger partial charge in [0.1, 0.15) is 0 Å². The van der Waals surface area contributed by atoms with Gasteiger partial charge < -0.3 is 14.8 Å². The first kappa shape index (κ1) is 14.9. The first-order chi connectivity index (χ1) is 8.83. The van der Waals surface area contributed by atoms with Crippen molar-refractivity contribution in [2.45, 2.75) is 32.7 Å². The molecule has 0 spiro atoms. The molecule has 1 aromatic heterocycles. The van der Waals surface area contributed by atoms with Gasteiger partial charge in [0, 0.05) is 18.4 Å². The molecular formula is C14H24N2O2. The number of hydrogen-bond donors (Lipinski definition) is 1. The van der Waals surface area contributed by atoms with Gasteiger partial charge in [-0.2, -0.15) is 0 Å². The maximum absolute atomic E-state index is 5.65. The molecule has 0 aliphatic carbocycles. The van der Waals surface area contributed by atoms with Crippen molar-refractivity contribution in [3.8, 4) is 5.88 Å². The molecule has 1 aromatic rings. The monoisotopic (exact) mass is 252 g/mol. The fraction of sp³-hybridized carbons (Fsp3) is 0.643. The van der Waals surface area contributed by atoms with E-state index in [9.17, 15) is 0 Å². The van der Waals surface area contributed by atoms with E-state index in [-0.39, 0.29) is 6.04 Å². The summed E-state index contributed by atoms with van der Waals surface area (Å²) in [5, 5.41) is 3.47. The zero-order chi connectivity index (χ0) is 13.2. The zero-order valence-corrected chi connectivity index (χ0v) is 11.6. The summed E-state index contributed by atoms with van der Waals surface area (Å²) in [5.74, 6) is 0.672. The van der Waals surface area contributed by atoms with Gasteiger partial charge in [0.15, 0.2) is 0 Å². The van der Waals surface area contributed by atoms with Crippen LogP contribution in [0, 0.1) is 0 Å². The van der Waals surface area contributed by atoms with Crippen molar-refractivity contribution in [1.29, 1.82) is 0 Å². The van der Waals surface area contributed by atoms with E-state index in [4.69, 9.17) is 9.47 Å². The molecule has 1 heterocycles. The Balaban J connectivity index is 2.72.